The van der Waals surface area contributed by atoms with Crippen LogP contribution >= 0.6 is 11.6 Å². The molecule has 0 saturated carbocycles. The molecule has 0 aromatic heterocycles. The Labute approximate surface area is 80.8 Å². The van der Waals surface area contributed by atoms with Crippen molar-refractivity contribution in [1.29, 1.82) is 0 Å². The van der Waals surface area contributed by atoms with E-state index in [0.29, 0.717) is 0 Å². The molecule has 0 aliphatic heterocycles. The van der Waals surface area contributed by atoms with E-state index >= 15 is 0 Å². The van der Waals surface area contributed by atoms with Gasteiger partial charge in [-0.1, -0.05) is 11.6 Å². The Hall–Kier alpha value is -0.940. The Morgan fingerprint density at radius 1 is 1.38 bits per heavy atom. The van der Waals surface area contributed by atoms with Crippen LogP contribution in [0.1, 0.15) is 0 Å². The van der Waals surface area contributed by atoms with Crippen LogP contribution in [0.25, 0.3) is 0 Å². The van der Waals surface area contributed by atoms with Gasteiger partial charge in [0, 0.05) is 17.2 Å². The molecule has 0 amide bonds. The number of rotatable bonds is 2. The summed E-state index contributed by atoms with van der Waals surface area (Å²) in [6.07, 6.45) is 0.908. The smallest absolute Gasteiger partial charge is 0.306 e. The van der Waals surface area contributed by atoms with Crippen LogP contribution in [0.5, 0.6) is 11.5 Å². The molecule has 1 aromatic rings. The Kier molecular flexibility index (Phi) is 2.68. The maximum absolute atomic E-state index is 10.7. The molecular weight excluding hydrogens is 216 g/mol. The van der Waals surface area contributed by atoms with Gasteiger partial charge in [-0.3, -0.25) is 0 Å². The molecule has 0 heterocycles. The van der Waals surface area contributed by atoms with E-state index in [0.717, 1.165) is 12.3 Å². The summed E-state index contributed by atoms with van der Waals surface area (Å²) >= 11 is 5.54. The second kappa shape index (κ2) is 3.43. The highest BCUT2D eigenvalue weighted by Gasteiger charge is 2.06. The van der Waals surface area contributed by atoms with Gasteiger partial charge in [-0.25, -0.2) is 0 Å². The molecule has 0 unspecified atom stereocenters. The summed E-state index contributed by atoms with van der Waals surface area (Å²) in [5.74, 6) is -0.154. The molecule has 0 aliphatic carbocycles. The van der Waals surface area contributed by atoms with E-state index in [-0.39, 0.29) is 16.5 Å². The molecule has 1 rings (SSSR count). The van der Waals surface area contributed by atoms with Crippen LogP contribution < -0.4 is 4.18 Å². The van der Waals surface area contributed by atoms with Crippen molar-refractivity contribution in [2.75, 3.05) is 6.26 Å². The first-order valence-corrected chi connectivity index (χ1v) is 5.45. The largest absolute Gasteiger partial charge is 0.508 e. The Morgan fingerprint density at radius 3 is 2.46 bits per heavy atom. The fraction of sp³-hybridized carbons (Fsp3) is 0.143. The third-order valence-corrected chi connectivity index (χ3v) is 1.82. The minimum atomic E-state index is -3.58. The number of halogens is 1. The molecule has 1 aromatic carbocycles. The zero-order chi connectivity index (χ0) is 10.1. The molecule has 72 valence electrons. The van der Waals surface area contributed by atoms with Crippen LogP contribution in [0.2, 0.25) is 5.02 Å². The number of aromatic hydroxyl groups is 1. The van der Waals surface area contributed by atoms with Gasteiger partial charge in [0.1, 0.15) is 11.5 Å². The van der Waals surface area contributed by atoms with Crippen molar-refractivity contribution in [1.82, 2.24) is 0 Å². The second-order valence-corrected chi connectivity index (χ2v) is 4.44. The van der Waals surface area contributed by atoms with Gasteiger partial charge in [0.25, 0.3) is 0 Å². The van der Waals surface area contributed by atoms with E-state index in [9.17, 15) is 8.42 Å². The van der Waals surface area contributed by atoms with Crippen LogP contribution in [0, 0.1) is 0 Å². The van der Waals surface area contributed by atoms with Crippen molar-refractivity contribution in [2.45, 2.75) is 0 Å². The average Bonchev–Trinajstić information content (AvgIpc) is 1.78. The maximum Gasteiger partial charge on any atom is 0.306 e. The number of phenolic OH excluding ortho intramolecular Hbond substituents is 1. The molecule has 0 fully saturated rings. The summed E-state index contributed by atoms with van der Waals surface area (Å²) in [4.78, 5) is 0. The zero-order valence-corrected chi connectivity index (χ0v) is 8.26. The van der Waals surface area contributed by atoms with Gasteiger partial charge in [0.15, 0.2) is 0 Å². The second-order valence-electron chi connectivity index (χ2n) is 2.43. The van der Waals surface area contributed by atoms with Crippen LogP contribution in [-0.4, -0.2) is 19.8 Å². The van der Waals surface area contributed by atoms with Gasteiger partial charge in [-0.2, -0.15) is 8.42 Å². The lowest BCUT2D eigenvalue weighted by molar-refractivity contribution is 0.465. The summed E-state index contributed by atoms with van der Waals surface area (Å²) in [5, 5.41) is 9.24. The summed E-state index contributed by atoms with van der Waals surface area (Å²) in [6, 6.07) is 3.73. The third-order valence-electron chi connectivity index (χ3n) is 1.10. The molecule has 0 spiro atoms. The predicted molar refractivity (Wildman–Crippen MR) is 48.6 cm³/mol. The van der Waals surface area contributed by atoms with E-state index in [1.54, 1.807) is 0 Å². The highest BCUT2D eigenvalue weighted by atomic mass is 35.5. The van der Waals surface area contributed by atoms with E-state index in [1.165, 1.54) is 12.1 Å². The first kappa shape index (κ1) is 10.1. The summed E-state index contributed by atoms with van der Waals surface area (Å²) < 4.78 is 25.8. The third kappa shape index (κ3) is 3.52. The van der Waals surface area contributed by atoms with Crippen LogP contribution in [0.15, 0.2) is 18.2 Å². The number of hydrogen-bond acceptors (Lipinski definition) is 4. The molecule has 0 bridgehead atoms. The van der Waals surface area contributed by atoms with Crippen molar-refractivity contribution in [3.8, 4) is 11.5 Å². The molecule has 0 radical (unpaired) electrons. The lowest BCUT2D eigenvalue weighted by Crippen LogP contribution is -2.05. The van der Waals surface area contributed by atoms with Crippen molar-refractivity contribution in [3.63, 3.8) is 0 Å². The van der Waals surface area contributed by atoms with Crippen molar-refractivity contribution < 1.29 is 17.7 Å². The minimum Gasteiger partial charge on any atom is -0.508 e. The topological polar surface area (TPSA) is 63.6 Å². The minimum absolute atomic E-state index is 0.00694. The predicted octanol–water partition coefficient (Wildman–Crippen LogP) is 1.38. The molecule has 0 atom stereocenters. The first-order chi connectivity index (χ1) is 5.87. The van der Waals surface area contributed by atoms with Crippen LogP contribution in [0.3, 0.4) is 0 Å². The van der Waals surface area contributed by atoms with E-state index < -0.39 is 10.1 Å². The van der Waals surface area contributed by atoms with Gasteiger partial charge >= 0.3 is 10.1 Å². The fourth-order valence-electron chi connectivity index (χ4n) is 0.771. The lowest BCUT2D eigenvalue weighted by atomic mass is 10.3. The zero-order valence-electron chi connectivity index (χ0n) is 6.69. The first-order valence-electron chi connectivity index (χ1n) is 3.26. The van der Waals surface area contributed by atoms with Gasteiger partial charge < -0.3 is 9.29 Å². The lowest BCUT2D eigenvalue weighted by Gasteiger charge is -2.03. The van der Waals surface area contributed by atoms with Crippen molar-refractivity contribution in [3.05, 3.63) is 23.2 Å². The van der Waals surface area contributed by atoms with E-state index in [2.05, 4.69) is 4.18 Å². The summed E-state index contributed by atoms with van der Waals surface area (Å²) in [7, 11) is -3.58. The van der Waals surface area contributed by atoms with Crippen LogP contribution in [-0.2, 0) is 10.1 Å². The Balaban J connectivity index is 3.03. The van der Waals surface area contributed by atoms with E-state index in [4.69, 9.17) is 16.7 Å². The molecule has 6 heteroatoms. The number of hydrogen-bond donors (Lipinski definition) is 1. The van der Waals surface area contributed by atoms with E-state index in [1.807, 2.05) is 0 Å². The van der Waals surface area contributed by atoms with Crippen LogP contribution in [0.4, 0.5) is 0 Å². The summed E-state index contributed by atoms with van der Waals surface area (Å²) in [5.41, 5.74) is 0. The molecule has 4 nitrogen and oxygen atoms in total. The molecule has 13 heavy (non-hydrogen) atoms. The highest BCUT2D eigenvalue weighted by molar-refractivity contribution is 7.86. The van der Waals surface area contributed by atoms with Gasteiger partial charge in [-0.05, 0) is 6.07 Å². The monoisotopic (exact) mass is 222 g/mol. The molecular formula is C7H7ClO4S. The Bertz CT molecular complexity index is 392. The summed E-state index contributed by atoms with van der Waals surface area (Å²) in [6.45, 7) is 0. The average molecular weight is 223 g/mol. The van der Waals surface area contributed by atoms with Crippen molar-refractivity contribution in [2.24, 2.45) is 0 Å². The maximum atomic E-state index is 10.7. The SMILES string of the molecule is CS(=O)(=O)Oc1cc(O)cc(Cl)c1. The number of benzene rings is 1. The standard InChI is InChI=1S/C7H7ClO4S/c1-13(10,11)12-7-3-5(8)2-6(9)4-7/h2-4,9H,1H3. The number of phenols is 1. The molecule has 0 saturated heterocycles. The van der Waals surface area contributed by atoms with Crippen molar-refractivity contribution >= 4 is 21.7 Å². The highest BCUT2D eigenvalue weighted by Crippen LogP contribution is 2.25. The normalized spacial score (nSPS) is 11.2. The quantitative estimate of drug-likeness (QED) is 0.768. The van der Waals surface area contributed by atoms with Gasteiger partial charge in [-0.15, -0.1) is 0 Å². The Morgan fingerprint density at radius 2 is 2.00 bits per heavy atom. The fourth-order valence-corrected chi connectivity index (χ4v) is 1.44. The molecule has 0 aliphatic rings. The molecule has 1 N–H and O–H groups in total. The van der Waals surface area contributed by atoms with Gasteiger partial charge in [0.2, 0.25) is 0 Å². The van der Waals surface area contributed by atoms with Gasteiger partial charge in [0.05, 0.1) is 6.26 Å².